The number of benzene rings is 1. The molecule has 76 valence electrons. The molecular weight excluding hydrogens is 188 g/mol. The average molecular weight is 198 g/mol. The van der Waals surface area contributed by atoms with Crippen molar-refractivity contribution in [2.75, 3.05) is 7.11 Å². The first-order valence-electron chi connectivity index (χ1n) is 3.71. The van der Waals surface area contributed by atoms with E-state index in [4.69, 9.17) is 10.6 Å². The maximum absolute atomic E-state index is 11.1. The molecule has 1 aromatic carbocycles. The fraction of sp³-hybridized carbons (Fsp3) is 0.125. The van der Waals surface area contributed by atoms with E-state index in [2.05, 4.69) is 0 Å². The van der Waals surface area contributed by atoms with E-state index in [1.165, 1.54) is 13.2 Å². The van der Waals surface area contributed by atoms with Crippen molar-refractivity contribution in [2.45, 2.75) is 0 Å². The summed E-state index contributed by atoms with van der Waals surface area (Å²) in [5, 5.41) is 18.5. The molecule has 0 saturated carbocycles. The number of rotatable bonds is 2. The number of hydrazine groups is 1. The first-order chi connectivity index (χ1) is 6.60. The molecule has 0 saturated heterocycles. The molecule has 0 aliphatic heterocycles. The van der Waals surface area contributed by atoms with Crippen molar-refractivity contribution in [3.05, 3.63) is 17.7 Å². The lowest BCUT2D eigenvalue weighted by Crippen LogP contribution is -2.30. The highest BCUT2D eigenvalue weighted by molar-refractivity contribution is 5.97. The molecule has 0 aliphatic carbocycles. The van der Waals surface area contributed by atoms with Gasteiger partial charge >= 0.3 is 0 Å². The van der Waals surface area contributed by atoms with Crippen LogP contribution in [-0.2, 0) is 0 Å². The van der Waals surface area contributed by atoms with Gasteiger partial charge in [-0.05, 0) is 0 Å². The zero-order chi connectivity index (χ0) is 10.7. The van der Waals surface area contributed by atoms with Gasteiger partial charge in [0.2, 0.25) is 0 Å². The van der Waals surface area contributed by atoms with Gasteiger partial charge in [-0.25, -0.2) is 5.84 Å². The second kappa shape index (κ2) is 3.84. The third kappa shape index (κ3) is 1.69. The highest BCUT2D eigenvalue weighted by Gasteiger charge is 2.14. The zero-order valence-corrected chi connectivity index (χ0v) is 7.44. The van der Waals surface area contributed by atoms with Crippen LogP contribution in [0.3, 0.4) is 0 Å². The number of amides is 1. The molecule has 0 aliphatic rings. The van der Waals surface area contributed by atoms with Crippen LogP contribution in [0.1, 0.15) is 10.4 Å². The third-order valence-electron chi connectivity index (χ3n) is 1.67. The number of hydrogen-bond acceptors (Lipinski definition) is 5. The lowest BCUT2D eigenvalue weighted by molar-refractivity contribution is 0.0950. The number of nitrogen functional groups attached to an aromatic ring is 1. The van der Waals surface area contributed by atoms with Crippen LogP contribution in [0.15, 0.2) is 12.1 Å². The van der Waals surface area contributed by atoms with Crippen LogP contribution in [0.5, 0.6) is 17.2 Å². The van der Waals surface area contributed by atoms with Crippen LogP contribution in [-0.4, -0.2) is 23.2 Å². The van der Waals surface area contributed by atoms with Crippen LogP contribution in [0.4, 0.5) is 0 Å². The van der Waals surface area contributed by atoms with Crippen molar-refractivity contribution in [3.63, 3.8) is 0 Å². The SMILES string of the molecule is COc1cc(C(=O)NN)c(O)cc1O. The fourth-order valence-corrected chi connectivity index (χ4v) is 0.980. The predicted octanol–water partition coefficient (Wildman–Crippen LogP) is -0.290. The Bertz CT molecular complexity index is 365. The summed E-state index contributed by atoms with van der Waals surface area (Å²) in [6, 6.07) is 2.19. The fourth-order valence-electron chi connectivity index (χ4n) is 0.980. The Hall–Kier alpha value is -1.95. The van der Waals surface area contributed by atoms with Gasteiger partial charge in [0.05, 0.1) is 12.7 Å². The van der Waals surface area contributed by atoms with E-state index in [0.717, 1.165) is 6.07 Å². The topological polar surface area (TPSA) is 105 Å². The van der Waals surface area contributed by atoms with Crippen molar-refractivity contribution in [1.82, 2.24) is 5.43 Å². The normalized spacial score (nSPS) is 9.57. The van der Waals surface area contributed by atoms with Crippen LogP contribution in [0, 0.1) is 0 Å². The van der Waals surface area contributed by atoms with Crippen molar-refractivity contribution >= 4 is 5.91 Å². The number of carbonyl (C=O) groups excluding carboxylic acids is 1. The Morgan fingerprint density at radius 1 is 1.43 bits per heavy atom. The lowest BCUT2D eigenvalue weighted by atomic mass is 10.1. The number of aromatic hydroxyl groups is 2. The maximum Gasteiger partial charge on any atom is 0.269 e. The number of methoxy groups -OCH3 is 1. The Labute approximate surface area is 79.9 Å². The van der Waals surface area contributed by atoms with Crippen molar-refractivity contribution < 1.29 is 19.7 Å². The molecule has 0 radical (unpaired) electrons. The maximum atomic E-state index is 11.1. The molecule has 6 nitrogen and oxygen atoms in total. The number of phenols is 2. The van der Waals surface area contributed by atoms with Gasteiger partial charge in [0, 0.05) is 12.1 Å². The molecule has 0 aromatic heterocycles. The number of carbonyl (C=O) groups is 1. The first kappa shape index (κ1) is 10.1. The quantitative estimate of drug-likeness (QED) is 0.297. The molecular formula is C8H10N2O4. The molecule has 1 amide bonds. The predicted molar refractivity (Wildman–Crippen MR) is 48.0 cm³/mol. The molecule has 0 bridgehead atoms. The van der Waals surface area contributed by atoms with Crippen molar-refractivity contribution in [1.29, 1.82) is 0 Å². The minimum atomic E-state index is -0.666. The monoisotopic (exact) mass is 198 g/mol. The largest absolute Gasteiger partial charge is 0.507 e. The number of hydrogen-bond donors (Lipinski definition) is 4. The minimum absolute atomic E-state index is 0.0675. The average Bonchev–Trinajstić information content (AvgIpc) is 2.17. The molecule has 14 heavy (non-hydrogen) atoms. The summed E-state index contributed by atoms with van der Waals surface area (Å²) in [7, 11) is 1.33. The first-order valence-corrected chi connectivity index (χ1v) is 3.71. The van der Waals surface area contributed by atoms with Gasteiger partial charge < -0.3 is 14.9 Å². The smallest absolute Gasteiger partial charge is 0.269 e. The second-order valence-corrected chi connectivity index (χ2v) is 2.51. The number of phenolic OH excluding ortho intramolecular Hbond substituents is 2. The van der Waals surface area contributed by atoms with Gasteiger partial charge in [-0.2, -0.15) is 0 Å². The summed E-state index contributed by atoms with van der Waals surface area (Å²) >= 11 is 0. The van der Waals surface area contributed by atoms with Crippen molar-refractivity contribution in [3.8, 4) is 17.2 Å². The van der Waals surface area contributed by atoms with E-state index in [1.807, 2.05) is 5.43 Å². The van der Waals surface area contributed by atoms with Gasteiger partial charge in [-0.1, -0.05) is 0 Å². The summed E-state index contributed by atoms with van der Waals surface area (Å²) in [6.45, 7) is 0. The van der Waals surface area contributed by atoms with Gasteiger partial charge in [0.1, 0.15) is 5.75 Å². The number of nitrogens with two attached hydrogens (primary N) is 1. The van der Waals surface area contributed by atoms with Gasteiger partial charge in [-0.3, -0.25) is 10.2 Å². The van der Waals surface area contributed by atoms with E-state index in [9.17, 15) is 15.0 Å². The van der Waals surface area contributed by atoms with E-state index in [-0.39, 0.29) is 22.8 Å². The summed E-state index contributed by atoms with van der Waals surface area (Å²) in [5.74, 6) is 3.69. The van der Waals surface area contributed by atoms with E-state index < -0.39 is 5.91 Å². The van der Waals surface area contributed by atoms with Gasteiger partial charge in [0.25, 0.3) is 5.91 Å². The molecule has 0 atom stereocenters. The van der Waals surface area contributed by atoms with Crippen LogP contribution in [0.25, 0.3) is 0 Å². The van der Waals surface area contributed by atoms with E-state index in [0.29, 0.717) is 0 Å². The summed E-state index contributed by atoms with van der Waals surface area (Å²) in [4.78, 5) is 11.1. The minimum Gasteiger partial charge on any atom is -0.507 e. The molecule has 1 rings (SSSR count). The van der Waals surface area contributed by atoms with Crippen LogP contribution >= 0.6 is 0 Å². The Balaban J connectivity index is 3.24. The third-order valence-corrected chi connectivity index (χ3v) is 1.67. The molecule has 5 N–H and O–H groups in total. The second-order valence-electron chi connectivity index (χ2n) is 2.51. The molecule has 1 aromatic rings. The number of nitrogens with one attached hydrogen (secondary N) is 1. The highest BCUT2D eigenvalue weighted by atomic mass is 16.5. The van der Waals surface area contributed by atoms with Crippen LogP contribution in [0.2, 0.25) is 0 Å². The molecule has 6 heteroatoms. The molecule has 0 fully saturated rings. The summed E-state index contributed by atoms with van der Waals surface area (Å²) in [6.07, 6.45) is 0. The molecule has 0 spiro atoms. The lowest BCUT2D eigenvalue weighted by Gasteiger charge is -2.07. The molecule has 0 unspecified atom stereocenters. The number of ether oxygens (including phenoxy) is 1. The van der Waals surface area contributed by atoms with Crippen LogP contribution < -0.4 is 16.0 Å². The Morgan fingerprint density at radius 3 is 2.57 bits per heavy atom. The van der Waals surface area contributed by atoms with E-state index in [1.54, 1.807) is 0 Å². The van der Waals surface area contributed by atoms with Gasteiger partial charge in [0.15, 0.2) is 11.5 Å². The molecule has 0 heterocycles. The standard InChI is InChI=1S/C8H10N2O4/c1-14-7-2-4(8(13)10-9)5(11)3-6(7)12/h2-3,11-12H,9H2,1H3,(H,10,13). The zero-order valence-electron chi connectivity index (χ0n) is 7.44. The Kier molecular flexibility index (Phi) is 2.78. The van der Waals surface area contributed by atoms with Crippen molar-refractivity contribution in [2.24, 2.45) is 5.84 Å². The van der Waals surface area contributed by atoms with E-state index >= 15 is 0 Å². The Morgan fingerprint density at radius 2 is 2.07 bits per heavy atom. The highest BCUT2D eigenvalue weighted by Crippen LogP contribution is 2.32. The van der Waals surface area contributed by atoms with Gasteiger partial charge in [-0.15, -0.1) is 0 Å². The summed E-state index contributed by atoms with van der Waals surface area (Å²) in [5.41, 5.74) is 1.79. The summed E-state index contributed by atoms with van der Waals surface area (Å²) < 4.78 is 4.75.